The van der Waals surface area contributed by atoms with Crippen molar-refractivity contribution in [3.63, 3.8) is 0 Å². The van der Waals surface area contributed by atoms with Gasteiger partial charge in [0.2, 0.25) is 0 Å². The topological polar surface area (TPSA) is 21.8 Å². The van der Waals surface area contributed by atoms with Crippen molar-refractivity contribution in [2.75, 3.05) is 51.8 Å². The van der Waals surface area contributed by atoms with Gasteiger partial charge in [-0.3, -0.25) is 9.80 Å². The number of anilines is 1. The van der Waals surface area contributed by atoms with Crippen molar-refractivity contribution in [2.45, 2.75) is 19.4 Å². The van der Waals surface area contributed by atoms with Gasteiger partial charge in [-0.05, 0) is 48.7 Å². The first-order valence-electron chi connectivity index (χ1n) is 10.8. The van der Waals surface area contributed by atoms with E-state index in [0.717, 1.165) is 44.8 Å². The zero-order valence-corrected chi connectivity index (χ0v) is 18.4. The van der Waals surface area contributed by atoms with E-state index >= 15 is 0 Å². The number of hydrogen-bond donors (Lipinski definition) is 1. The standard InChI is InChI=1S/C26H32N4/c1-21(23-11-13-25(14-12-23)28(2)3)30-19-24-18-29(17-15-26(24)27-20-30)16-7-10-22-8-5-4-6-9-22/h4-6,8-9,11-14,21,27H,15-20H2,1-3H3. The molecule has 0 fully saturated rings. The van der Waals surface area contributed by atoms with E-state index in [0.29, 0.717) is 6.04 Å². The molecule has 0 aromatic heterocycles. The fourth-order valence-corrected chi connectivity index (χ4v) is 4.19. The highest BCUT2D eigenvalue weighted by atomic mass is 15.3. The Hall–Kier alpha value is -2.74. The average molecular weight is 401 g/mol. The maximum absolute atomic E-state index is 3.69. The van der Waals surface area contributed by atoms with Gasteiger partial charge in [0.15, 0.2) is 0 Å². The van der Waals surface area contributed by atoms with Crippen LogP contribution in [0.15, 0.2) is 65.9 Å². The summed E-state index contributed by atoms with van der Waals surface area (Å²) in [5.74, 6) is 6.64. The zero-order valence-electron chi connectivity index (χ0n) is 18.4. The molecule has 2 aliphatic heterocycles. The maximum atomic E-state index is 3.69. The molecule has 4 heteroatoms. The first-order chi connectivity index (χ1) is 14.6. The lowest BCUT2D eigenvalue weighted by atomic mass is 10.0. The van der Waals surface area contributed by atoms with Gasteiger partial charge < -0.3 is 10.2 Å². The third kappa shape index (κ3) is 4.87. The van der Waals surface area contributed by atoms with E-state index in [1.807, 2.05) is 18.2 Å². The highest BCUT2D eigenvalue weighted by molar-refractivity contribution is 5.46. The molecule has 2 aromatic carbocycles. The van der Waals surface area contributed by atoms with Crippen LogP contribution in [0.25, 0.3) is 0 Å². The zero-order chi connectivity index (χ0) is 20.9. The molecule has 0 saturated carbocycles. The number of nitrogens with one attached hydrogen (secondary N) is 1. The van der Waals surface area contributed by atoms with Crippen LogP contribution in [0.3, 0.4) is 0 Å². The minimum absolute atomic E-state index is 0.385. The summed E-state index contributed by atoms with van der Waals surface area (Å²) in [6.07, 6.45) is 1.10. The van der Waals surface area contributed by atoms with Gasteiger partial charge in [0.1, 0.15) is 0 Å². The predicted octanol–water partition coefficient (Wildman–Crippen LogP) is 3.69. The van der Waals surface area contributed by atoms with Gasteiger partial charge in [-0.2, -0.15) is 0 Å². The Morgan fingerprint density at radius 1 is 1.03 bits per heavy atom. The van der Waals surface area contributed by atoms with E-state index in [9.17, 15) is 0 Å². The molecule has 2 aromatic rings. The summed E-state index contributed by atoms with van der Waals surface area (Å²) in [5.41, 5.74) is 6.67. The van der Waals surface area contributed by atoms with Gasteiger partial charge in [0, 0.05) is 56.7 Å². The average Bonchev–Trinajstić information content (AvgIpc) is 2.79. The highest BCUT2D eigenvalue weighted by Crippen LogP contribution is 2.27. The van der Waals surface area contributed by atoms with E-state index in [1.165, 1.54) is 22.5 Å². The monoisotopic (exact) mass is 400 g/mol. The van der Waals surface area contributed by atoms with Crippen molar-refractivity contribution >= 4 is 5.69 Å². The summed E-state index contributed by atoms with van der Waals surface area (Å²) in [7, 11) is 4.17. The van der Waals surface area contributed by atoms with Crippen molar-refractivity contribution in [2.24, 2.45) is 0 Å². The lowest BCUT2D eigenvalue weighted by Gasteiger charge is -2.40. The first-order valence-corrected chi connectivity index (χ1v) is 10.8. The molecule has 1 unspecified atom stereocenters. The molecule has 0 saturated heterocycles. The fraction of sp³-hybridized carbons (Fsp3) is 0.385. The van der Waals surface area contributed by atoms with E-state index in [4.69, 9.17) is 0 Å². The lowest BCUT2D eigenvalue weighted by molar-refractivity contribution is 0.182. The van der Waals surface area contributed by atoms with E-state index in [-0.39, 0.29) is 0 Å². The van der Waals surface area contributed by atoms with E-state index in [2.05, 4.69) is 89.3 Å². The van der Waals surface area contributed by atoms with Gasteiger partial charge in [-0.15, -0.1) is 0 Å². The Bertz CT molecular complexity index is 934. The maximum Gasteiger partial charge on any atom is 0.0683 e. The van der Waals surface area contributed by atoms with Crippen LogP contribution < -0.4 is 10.2 Å². The second-order valence-corrected chi connectivity index (χ2v) is 8.45. The highest BCUT2D eigenvalue weighted by Gasteiger charge is 2.27. The quantitative estimate of drug-likeness (QED) is 0.790. The SMILES string of the molecule is CC(c1ccc(N(C)C)cc1)N1CNC2=C(CN(CC#Cc3ccccc3)CC2)C1. The Kier molecular flexibility index (Phi) is 6.42. The molecule has 2 aliphatic rings. The van der Waals surface area contributed by atoms with Crippen LogP contribution in [0.5, 0.6) is 0 Å². The van der Waals surface area contributed by atoms with Crippen molar-refractivity contribution in [1.29, 1.82) is 0 Å². The van der Waals surface area contributed by atoms with Crippen LogP contribution in [-0.4, -0.2) is 56.7 Å². The normalized spacial score (nSPS) is 18.1. The number of rotatable bonds is 4. The summed E-state index contributed by atoms with van der Waals surface area (Å²) in [4.78, 5) is 7.14. The van der Waals surface area contributed by atoms with Crippen molar-refractivity contribution in [1.82, 2.24) is 15.1 Å². The molecular weight excluding hydrogens is 368 g/mol. The molecule has 0 aliphatic carbocycles. The molecule has 0 radical (unpaired) electrons. The summed E-state index contributed by atoms with van der Waals surface area (Å²) >= 11 is 0. The molecule has 0 spiro atoms. The smallest absolute Gasteiger partial charge is 0.0683 e. The second kappa shape index (κ2) is 9.38. The van der Waals surface area contributed by atoms with Gasteiger partial charge in [0.25, 0.3) is 0 Å². The van der Waals surface area contributed by atoms with E-state index < -0.39 is 0 Å². The first kappa shape index (κ1) is 20.5. The lowest BCUT2D eigenvalue weighted by Crippen LogP contribution is -2.47. The number of hydrogen-bond acceptors (Lipinski definition) is 4. The second-order valence-electron chi connectivity index (χ2n) is 8.45. The van der Waals surface area contributed by atoms with Crippen molar-refractivity contribution in [3.8, 4) is 11.8 Å². The van der Waals surface area contributed by atoms with Crippen LogP contribution in [0.1, 0.15) is 30.5 Å². The summed E-state index contributed by atoms with van der Waals surface area (Å²) in [6, 6.07) is 19.6. The minimum Gasteiger partial charge on any atom is -0.378 e. The Labute approximate surface area is 181 Å². The van der Waals surface area contributed by atoms with Crippen LogP contribution in [0.4, 0.5) is 5.69 Å². The van der Waals surface area contributed by atoms with Crippen molar-refractivity contribution in [3.05, 3.63) is 77.0 Å². The molecule has 4 rings (SSSR count). The Balaban J connectivity index is 1.36. The van der Waals surface area contributed by atoms with Crippen LogP contribution >= 0.6 is 0 Å². The molecule has 156 valence electrons. The molecule has 1 N–H and O–H groups in total. The Morgan fingerprint density at radius 2 is 1.80 bits per heavy atom. The number of benzene rings is 2. The third-order valence-corrected chi connectivity index (χ3v) is 6.16. The van der Waals surface area contributed by atoms with Gasteiger partial charge in [0.05, 0.1) is 13.2 Å². The molecule has 30 heavy (non-hydrogen) atoms. The van der Waals surface area contributed by atoms with Gasteiger partial charge >= 0.3 is 0 Å². The number of nitrogens with zero attached hydrogens (tertiary/aromatic N) is 3. The molecule has 1 atom stereocenters. The molecule has 0 bridgehead atoms. The van der Waals surface area contributed by atoms with Crippen LogP contribution in [0.2, 0.25) is 0 Å². The van der Waals surface area contributed by atoms with Gasteiger partial charge in [-0.1, -0.05) is 42.2 Å². The third-order valence-electron chi connectivity index (χ3n) is 6.16. The largest absolute Gasteiger partial charge is 0.378 e. The summed E-state index contributed by atoms with van der Waals surface area (Å²) < 4.78 is 0. The molecule has 0 amide bonds. The van der Waals surface area contributed by atoms with Gasteiger partial charge in [-0.25, -0.2) is 0 Å². The Morgan fingerprint density at radius 3 is 2.53 bits per heavy atom. The minimum atomic E-state index is 0.385. The fourth-order valence-electron chi connectivity index (χ4n) is 4.19. The predicted molar refractivity (Wildman–Crippen MR) is 125 cm³/mol. The molecule has 4 nitrogen and oxygen atoms in total. The summed E-state index contributed by atoms with van der Waals surface area (Å²) in [6.45, 7) is 7.17. The molecular formula is C26H32N4. The van der Waals surface area contributed by atoms with Crippen LogP contribution in [0, 0.1) is 11.8 Å². The van der Waals surface area contributed by atoms with E-state index in [1.54, 1.807) is 0 Å². The van der Waals surface area contributed by atoms with Crippen LogP contribution in [-0.2, 0) is 0 Å². The van der Waals surface area contributed by atoms with Crippen molar-refractivity contribution < 1.29 is 0 Å². The summed E-state index contributed by atoms with van der Waals surface area (Å²) in [5, 5.41) is 3.69. The molecule has 2 heterocycles.